The SMILES string of the molecule is CCn1nc(CNCc2cncs2)c2ccccc21. The predicted molar refractivity (Wildman–Crippen MR) is 78.1 cm³/mol. The quantitative estimate of drug-likeness (QED) is 0.776. The van der Waals surface area contributed by atoms with Crippen LogP contribution in [0.5, 0.6) is 0 Å². The summed E-state index contributed by atoms with van der Waals surface area (Å²) in [6.07, 6.45) is 1.90. The lowest BCUT2D eigenvalue weighted by atomic mass is 10.2. The lowest BCUT2D eigenvalue weighted by Gasteiger charge is -2.00. The summed E-state index contributed by atoms with van der Waals surface area (Å²) in [6.45, 7) is 4.65. The molecule has 98 valence electrons. The maximum absolute atomic E-state index is 4.67. The molecule has 0 bridgehead atoms. The number of hydrogen-bond acceptors (Lipinski definition) is 4. The van der Waals surface area contributed by atoms with Gasteiger partial charge < -0.3 is 5.32 Å². The second-order valence-electron chi connectivity index (χ2n) is 4.35. The summed E-state index contributed by atoms with van der Waals surface area (Å²) in [5, 5.41) is 9.33. The molecule has 0 unspecified atom stereocenters. The minimum absolute atomic E-state index is 0.783. The summed E-state index contributed by atoms with van der Waals surface area (Å²) in [5.41, 5.74) is 4.18. The number of fused-ring (bicyclic) bond motifs is 1. The van der Waals surface area contributed by atoms with Crippen molar-refractivity contribution < 1.29 is 0 Å². The fourth-order valence-corrected chi connectivity index (χ4v) is 2.77. The van der Waals surface area contributed by atoms with Crippen molar-refractivity contribution in [1.29, 1.82) is 0 Å². The molecule has 0 spiro atoms. The molecule has 1 aromatic carbocycles. The summed E-state index contributed by atoms with van der Waals surface area (Å²) in [6, 6.07) is 8.39. The average molecular weight is 272 g/mol. The van der Waals surface area contributed by atoms with Crippen molar-refractivity contribution in [2.75, 3.05) is 0 Å². The van der Waals surface area contributed by atoms with E-state index in [9.17, 15) is 0 Å². The Labute approximate surface area is 116 Å². The lowest BCUT2D eigenvalue weighted by molar-refractivity contribution is 0.634. The molecule has 0 amide bonds. The summed E-state index contributed by atoms with van der Waals surface area (Å²) in [7, 11) is 0. The standard InChI is InChI=1S/C14H16N4S/c1-2-18-14-6-4-3-5-12(14)13(17-18)9-15-7-11-8-16-10-19-11/h3-6,8,10,15H,2,7,9H2,1H3. The summed E-state index contributed by atoms with van der Waals surface area (Å²) in [4.78, 5) is 5.32. The van der Waals surface area contributed by atoms with Gasteiger partial charge in [0.05, 0.1) is 16.7 Å². The third-order valence-electron chi connectivity index (χ3n) is 3.11. The highest BCUT2D eigenvalue weighted by atomic mass is 32.1. The van der Waals surface area contributed by atoms with Gasteiger partial charge in [-0.2, -0.15) is 5.10 Å². The topological polar surface area (TPSA) is 42.7 Å². The number of para-hydroxylation sites is 1. The van der Waals surface area contributed by atoms with Crippen LogP contribution in [-0.2, 0) is 19.6 Å². The molecular weight excluding hydrogens is 256 g/mol. The van der Waals surface area contributed by atoms with Gasteiger partial charge in [0.2, 0.25) is 0 Å². The van der Waals surface area contributed by atoms with E-state index in [1.165, 1.54) is 15.8 Å². The Hall–Kier alpha value is -1.72. The Morgan fingerprint density at radius 2 is 2.16 bits per heavy atom. The zero-order chi connectivity index (χ0) is 13.1. The van der Waals surface area contributed by atoms with E-state index in [4.69, 9.17) is 0 Å². The van der Waals surface area contributed by atoms with Gasteiger partial charge >= 0.3 is 0 Å². The number of nitrogens with one attached hydrogen (secondary N) is 1. The molecule has 0 radical (unpaired) electrons. The molecule has 2 heterocycles. The molecule has 3 aromatic rings. The van der Waals surface area contributed by atoms with Crippen LogP contribution in [0.2, 0.25) is 0 Å². The van der Waals surface area contributed by atoms with E-state index < -0.39 is 0 Å². The van der Waals surface area contributed by atoms with Gasteiger partial charge in [-0.15, -0.1) is 11.3 Å². The van der Waals surface area contributed by atoms with Crippen LogP contribution in [-0.4, -0.2) is 14.8 Å². The number of hydrogen-bond donors (Lipinski definition) is 1. The van der Waals surface area contributed by atoms with Gasteiger partial charge in [-0.1, -0.05) is 18.2 Å². The number of rotatable bonds is 5. The number of thiazole rings is 1. The van der Waals surface area contributed by atoms with Gasteiger partial charge in [0.15, 0.2) is 0 Å². The van der Waals surface area contributed by atoms with Gasteiger partial charge in [-0.25, -0.2) is 0 Å². The number of nitrogens with zero attached hydrogens (tertiary/aromatic N) is 3. The minimum Gasteiger partial charge on any atom is -0.306 e. The van der Waals surface area contributed by atoms with Crippen molar-refractivity contribution in [3.8, 4) is 0 Å². The molecule has 4 nitrogen and oxygen atoms in total. The number of benzene rings is 1. The van der Waals surface area contributed by atoms with Crippen molar-refractivity contribution in [2.24, 2.45) is 0 Å². The molecule has 0 saturated heterocycles. The molecule has 0 aliphatic rings. The monoisotopic (exact) mass is 272 g/mol. The van der Waals surface area contributed by atoms with Gasteiger partial charge in [-0.3, -0.25) is 9.67 Å². The average Bonchev–Trinajstić information content (AvgIpc) is 3.07. The Bertz CT molecular complexity index is 657. The van der Waals surface area contributed by atoms with Gasteiger partial charge in [0.1, 0.15) is 0 Å². The zero-order valence-corrected chi connectivity index (χ0v) is 11.7. The highest BCUT2D eigenvalue weighted by molar-refractivity contribution is 7.09. The molecule has 0 atom stereocenters. The van der Waals surface area contributed by atoms with E-state index >= 15 is 0 Å². The second kappa shape index (κ2) is 5.50. The first kappa shape index (κ1) is 12.3. The summed E-state index contributed by atoms with van der Waals surface area (Å²) < 4.78 is 2.05. The minimum atomic E-state index is 0.783. The molecule has 0 saturated carbocycles. The second-order valence-corrected chi connectivity index (χ2v) is 5.32. The molecular formula is C14H16N4S. The zero-order valence-electron chi connectivity index (χ0n) is 10.8. The normalized spacial score (nSPS) is 11.2. The molecule has 3 rings (SSSR count). The number of aromatic nitrogens is 3. The largest absolute Gasteiger partial charge is 0.306 e. The van der Waals surface area contributed by atoms with Crippen LogP contribution in [0.1, 0.15) is 17.5 Å². The summed E-state index contributed by atoms with van der Waals surface area (Å²) in [5.74, 6) is 0. The van der Waals surface area contributed by atoms with E-state index in [1.54, 1.807) is 11.3 Å². The first-order valence-electron chi connectivity index (χ1n) is 6.41. The molecule has 1 N–H and O–H groups in total. The molecule has 5 heteroatoms. The van der Waals surface area contributed by atoms with Crippen molar-refractivity contribution >= 4 is 22.2 Å². The Balaban J connectivity index is 1.77. The molecule has 0 fully saturated rings. The smallest absolute Gasteiger partial charge is 0.0841 e. The third kappa shape index (κ3) is 2.52. The van der Waals surface area contributed by atoms with Crippen molar-refractivity contribution in [3.63, 3.8) is 0 Å². The molecule has 0 aliphatic carbocycles. The van der Waals surface area contributed by atoms with Gasteiger partial charge in [0.25, 0.3) is 0 Å². The van der Waals surface area contributed by atoms with Crippen LogP contribution < -0.4 is 5.32 Å². The van der Waals surface area contributed by atoms with Crippen LogP contribution in [0, 0.1) is 0 Å². The van der Waals surface area contributed by atoms with Crippen molar-refractivity contribution in [2.45, 2.75) is 26.6 Å². The van der Waals surface area contributed by atoms with Crippen molar-refractivity contribution in [3.05, 3.63) is 46.5 Å². The van der Waals surface area contributed by atoms with Gasteiger partial charge in [-0.05, 0) is 13.0 Å². The predicted octanol–water partition coefficient (Wildman–Crippen LogP) is 2.80. The van der Waals surface area contributed by atoms with Crippen LogP contribution in [0.15, 0.2) is 36.0 Å². The van der Waals surface area contributed by atoms with Crippen LogP contribution >= 0.6 is 11.3 Å². The van der Waals surface area contributed by atoms with Crippen LogP contribution in [0.3, 0.4) is 0 Å². The fraction of sp³-hybridized carbons (Fsp3) is 0.286. The van der Waals surface area contributed by atoms with E-state index in [0.717, 1.165) is 25.3 Å². The highest BCUT2D eigenvalue weighted by Gasteiger charge is 2.08. The molecule has 19 heavy (non-hydrogen) atoms. The van der Waals surface area contributed by atoms with Crippen LogP contribution in [0.25, 0.3) is 10.9 Å². The maximum Gasteiger partial charge on any atom is 0.0841 e. The first-order valence-corrected chi connectivity index (χ1v) is 7.29. The lowest BCUT2D eigenvalue weighted by Crippen LogP contribution is -2.12. The third-order valence-corrected chi connectivity index (χ3v) is 3.89. The van der Waals surface area contributed by atoms with E-state index in [-0.39, 0.29) is 0 Å². The summed E-state index contributed by atoms with van der Waals surface area (Å²) >= 11 is 1.67. The highest BCUT2D eigenvalue weighted by Crippen LogP contribution is 2.18. The van der Waals surface area contributed by atoms with Crippen LogP contribution in [0.4, 0.5) is 0 Å². The van der Waals surface area contributed by atoms with Gasteiger partial charge in [0, 0.05) is 36.1 Å². The van der Waals surface area contributed by atoms with E-state index in [2.05, 4.69) is 51.3 Å². The Morgan fingerprint density at radius 3 is 2.95 bits per heavy atom. The molecule has 2 aromatic heterocycles. The first-order chi connectivity index (χ1) is 9.38. The van der Waals surface area contributed by atoms with Crippen molar-refractivity contribution in [1.82, 2.24) is 20.1 Å². The Kier molecular flexibility index (Phi) is 3.57. The fourth-order valence-electron chi connectivity index (χ4n) is 2.20. The maximum atomic E-state index is 4.67. The van der Waals surface area contributed by atoms with E-state index in [0.29, 0.717) is 0 Å². The molecule has 0 aliphatic heterocycles. The Morgan fingerprint density at radius 1 is 1.26 bits per heavy atom. The van der Waals surface area contributed by atoms with E-state index in [1.807, 2.05) is 11.7 Å². The number of aryl methyl sites for hydroxylation is 1.